The SMILES string of the molecule is O[C@H](Cn1ccc2ccccc21)Cn1cnc2ccccc21. The predicted molar refractivity (Wildman–Crippen MR) is 87.7 cm³/mol. The Kier molecular flexibility index (Phi) is 3.16. The first-order valence-electron chi connectivity index (χ1n) is 7.43. The summed E-state index contributed by atoms with van der Waals surface area (Å²) in [5.41, 5.74) is 3.16. The van der Waals surface area contributed by atoms with Gasteiger partial charge in [0.1, 0.15) is 0 Å². The van der Waals surface area contributed by atoms with Crippen molar-refractivity contribution in [3.05, 3.63) is 67.1 Å². The second-order valence-corrected chi connectivity index (χ2v) is 5.57. The summed E-state index contributed by atoms with van der Waals surface area (Å²) in [6.07, 6.45) is 3.36. The number of hydrogen-bond donors (Lipinski definition) is 1. The van der Waals surface area contributed by atoms with Gasteiger partial charge in [0, 0.05) is 11.7 Å². The quantitative estimate of drug-likeness (QED) is 0.628. The molecule has 2 aromatic heterocycles. The van der Waals surface area contributed by atoms with Crippen molar-refractivity contribution in [1.29, 1.82) is 0 Å². The van der Waals surface area contributed by atoms with E-state index in [9.17, 15) is 5.11 Å². The first-order chi connectivity index (χ1) is 10.8. The van der Waals surface area contributed by atoms with Crippen LogP contribution < -0.4 is 0 Å². The lowest BCUT2D eigenvalue weighted by Crippen LogP contribution is -2.21. The molecule has 0 aliphatic carbocycles. The van der Waals surface area contributed by atoms with E-state index in [0.717, 1.165) is 16.6 Å². The van der Waals surface area contributed by atoms with Crippen molar-refractivity contribution in [1.82, 2.24) is 14.1 Å². The van der Waals surface area contributed by atoms with Gasteiger partial charge in [-0.15, -0.1) is 0 Å². The van der Waals surface area contributed by atoms with E-state index in [1.54, 1.807) is 6.33 Å². The molecule has 0 unspecified atom stereocenters. The Hall–Kier alpha value is -2.59. The van der Waals surface area contributed by atoms with E-state index in [-0.39, 0.29) is 0 Å². The van der Waals surface area contributed by atoms with Crippen molar-refractivity contribution in [2.75, 3.05) is 0 Å². The van der Waals surface area contributed by atoms with Crippen LogP contribution in [0.3, 0.4) is 0 Å². The Morgan fingerprint density at radius 1 is 0.864 bits per heavy atom. The zero-order valence-corrected chi connectivity index (χ0v) is 12.1. The molecule has 0 aliphatic heterocycles. The number of hydrogen-bond acceptors (Lipinski definition) is 2. The molecule has 4 nitrogen and oxygen atoms in total. The van der Waals surface area contributed by atoms with Crippen molar-refractivity contribution in [2.24, 2.45) is 0 Å². The molecule has 4 heteroatoms. The van der Waals surface area contributed by atoms with Gasteiger partial charge in [0.25, 0.3) is 0 Å². The van der Waals surface area contributed by atoms with Crippen LogP contribution in [-0.2, 0) is 13.1 Å². The summed E-state index contributed by atoms with van der Waals surface area (Å²) >= 11 is 0. The van der Waals surface area contributed by atoms with Gasteiger partial charge in [0.2, 0.25) is 0 Å². The largest absolute Gasteiger partial charge is 0.389 e. The molecule has 2 heterocycles. The Bertz CT molecular complexity index is 846. The second-order valence-electron chi connectivity index (χ2n) is 5.57. The summed E-state index contributed by atoms with van der Waals surface area (Å²) in [7, 11) is 0. The Balaban J connectivity index is 1.56. The van der Waals surface area contributed by atoms with E-state index in [1.807, 2.05) is 47.2 Å². The van der Waals surface area contributed by atoms with Gasteiger partial charge in [-0.25, -0.2) is 4.98 Å². The fourth-order valence-electron chi connectivity index (χ4n) is 2.97. The molecule has 0 saturated carbocycles. The van der Waals surface area contributed by atoms with Crippen LogP contribution in [-0.4, -0.2) is 25.3 Å². The minimum atomic E-state index is -0.464. The fourth-order valence-corrected chi connectivity index (χ4v) is 2.97. The molecule has 2 aromatic carbocycles. The van der Waals surface area contributed by atoms with Gasteiger partial charge in [-0.3, -0.25) is 0 Å². The van der Waals surface area contributed by atoms with Crippen molar-refractivity contribution < 1.29 is 5.11 Å². The number of aliphatic hydroxyl groups is 1. The molecular weight excluding hydrogens is 274 g/mol. The first-order valence-corrected chi connectivity index (χ1v) is 7.43. The normalized spacial score (nSPS) is 13.0. The van der Waals surface area contributed by atoms with E-state index < -0.39 is 6.10 Å². The van der Waals surface area contributed by atoms with E-state index in [4.69, 9.17) is 0 Å². The van der Waals surface area contributed by atoms with Crippen molar-refractivity contribution in [3.63, 3.8) is 0 Å². The smallest absolute Gasteiger partial charge is 0.0959 e. The monoisotopic (exact) mass is 291 g/mol. The molecule has 4 rings (SSSR count). The van der Waals surface area contributed by atoms with Crippen LogP contribution >= 0.6 is 0 Å². The van der Waals surface area contributed by atoms with Crippen molar-refractivity contribution in [3.8, 4) is 0 Å². The maximum atomic E-state index is 10.4. The molecule has 1 atom stereocenters. The fraction of sp³-hybridized carbons (Fsp3) is 0.167. The van der Waals surface area contributed by atoms with Gasteiger partial charge >= 0.3 is 0 Å². The highest BCUT2D eigenvalue weighted by atomic mass is 16.3. The minimum absolute atomic E-state index is 0.464. The van der Waals surface area contributed by atoms with Crippen LogP contribution in [0.2, 0.25) is 0 Å². The first kappa shape index (κ1) is 13.1. The zero-order chi connectivity index (χ0) is 14.9. The molecule has 0 amide bonds. The second kappa shape index (κ2) is 5.31. The Morgan fingerprint density at radius 3 is 2.50 bits per heavy atom. The Morgan fingerprint density at radius 2 is 1.59 bits per heavy atom. The molecule has 0 aliphatic rings. The van der Waals surface area contributed by atoms with Crippen LogP contribution in [0.25, 0.3) is 21.9 Å². The summed E-state index contributed by atoms with van der Waals surface area (Å²) in [4.78, 5) is 4.36. The number of aromatic nitrogens is 3. The van der Waals surface area contributed by atoms with Crippen LogP contribution in [0.5, 0.6) is 0 Å². The molecule has 4 aromatic rings. The third-order valence-electron chi connectivity index (χ3n) is 4.02. The van der Waals surface area contributed by atoms with Gasteiger partial charge in [0.05, 0.1) is 36.6 Å². The molecule has 1 N–H and O–H groups in total. The molecule has 0 bridgehead atoms. The number of nitrogens with zero attached hydrogens (tertiary/aromatic N) is 3. The third kappa shape index (κ3) is 2.27. The lowest BCUT2D eigenvalue weighted by Gasteiger charge is -2.14. The topological polar surface area (TPSA) is 43.0 Å². The molecule has 0 fully saturated rings. The molecule has 110 valence electrons. The lowest BCUT2D eigenvalue weighted by atomic mass is 10.2. The average molecular weight is 291 g/mol. The highest BCUT2D eigenvalue weighted by Crippen LogP contribution is 2.17. The summed E-state index contributed by atoms with van der Waals surface area (Å²) in [5.74, 6) is 0. The number of imidazole rings is 1. The summed E-state index contributed by atoms with van der Waals surface area (Å²) < 4.78 is 4.10. The van der Waals surface area contributed by atoms with E-state index >= 15 is 0 Å². The number of rotatable bonds is 4. The molecule has 0 saturated heterocycles. The van der Waals surface area contributed by atoms with Crippen molar-refractivity contribution >= 4 is 21.9 Å². The van der Waals surface area contributed by atoms with Crippen LogP contribution in [0.4, 0.5) is 0 Å². The number of benzene rings is 2. The summed E-state index contributed by atoms with van der Waals surface area (Å²) in [6.45, 7) is 1.10. The van der Waals surface area contributed by atoms with Gasteiger partial charge < -0.3 is 14.2 Å². The number of fused-ring (bicyclic) bond motifs is 2. The van der Waals surface area contributed by atoms with Crippen molar-refractivity contribution in [2.45, 2.75) is 19.2 Å². The molecule has 22 heavy (non-hydrogen) atoms. The minimum Gasteiger partial charge on any atom is -0.389 e. The maximum absolute atomic E-state index is 10.4. The number of para-hydroxylation sites is 3. The lowest BCUT2D eigenvalue weighted by molar-refractivity contribution is 0.137. The van der Waals surface area contributed by atoms with Crippen LogP contribution in [0.1, 0.15) is 0 Å². The highest BCUT2D eigenvalue weighted by Gasteiger charge is 2.10. The summed E-state index contributed by atoms with van der Waals surface area (Å²) in [5, 5.41) is 11.6. The molecular formula is C18H17N3O. The Labute approximate surface area is 128 Å². The van der Waals surface area contributed by atoms with Gasteiger partial charge in [-0.2, -0.15) is 0 Å². The molecule has 0 spiro atoms. The van der Waals surface area contributed by atoms with Gasteiger partial charge in [-0.1, -0.05) is 30.3 Å². The van der Waals surface area contributed by atoms with Gasteiger partial charge in [-0.05, 0) is 29.7 Å². The van der Waals surface area contributed by atoms with E-state index in [2.05, 4.69) is 27.8 Å². The highest BCUT2D eigenvalue weighted by molar-refractivity contribution is 5.79. The average Bonchev–Trinajstić information content (AvgIpc) is 3.13. The van der Waals surface area contributed by atoms with Gasteiger partial charge in [0.15, 0.2) is 0 Å². The standard InChI is InChI=1S/C18H17N3O/c22-15(11-20-10-9-14-5-1-3-7-17(14)20)12-21-13-19-16-6-2-4-8-18(16)21/h1-10,13,15,22H,11-12H2/t15-/m1/s1. The van der Waals surface area contributed by atoms with Crippen LogP contribution in [0.15, 0.2) is 67.1 Å². The predicted octanol–water partition coefficient (Wildman–Crippen LogP) is 3.05. The van der Waals surface area contributed by atoms with E-state index in [1.165, 1.54) is 5.39 Å². The maximum Gasteiger partial charge on any atom is 0.0959 e. The third-order valence-corrected chi connectivity index (χ3v) is 4.02. The van der Waals surface area contributed by atoms with Crippen LogP contribution in [0, 0.1) is 0 Å². The summed E-state index contributed by atoms with van der Waals surface area (Å²) in [6, 6.07) is 18.3. The van der Waals surface area contributed by atoms with E-state index in [0.29, 0.717) is 13.1 Å². The zero-order valence-electron chi connectivity index (χ0n) is 12.1. The molecule has 0 radical (unpaired) electrons. The number of aliphatic hydroxyl groups excluding tert-OH is 1.